The average Bonchev–Trinajstić information content (AvgIpc) is 1.65. The Morgan fingerprint density at radius 1 is 0.444 bits per heavy atom. The zero-order valence-electron chi connectivity index (χ0n) is 83.1. The van der Waals surface area contributed by atoms with Crippen molar-refractivity contribution in [1.82, 2.24) is 5.06 Å². The van der Waals surface area contributed by atoms with E-state index in [1.54, 1.807) is 0 Å². The van der Waals surface area contributed by atoms with Gasteiger partial charge in [0.2, 0.25) is 0 Å². The van der Waals surface area contributed by atoms with Crippen LogP contribution in [0.25, 0.3) is 0 Å². The Morgan fingerprint density at radius 2 is 0.771 bits per heavy atom. The number of benzene rings is 8. The van der Waals surface area contributed by atoms with Gasteiger partial charge in [-0.1, -0.05) is 224 Å². The van der Waals surface area contributed by atoms with Crippen LogP contribution in [0.3, 0.4) is 0 Å². The summed E-state index contributed by atoms with van der Waals surface area (Å²) in [5.74, 6) is 2.19. The van der Waals surface area contributed by atoms with Crippen molar-refractivity contribution in [1.29, 1.82) is 1.28 Å². The molecule has 8 aromatic carbocycles. The second kappa shape index (κ2) is 59.9. The summed E-state index contributed by atoms with van der Waals surface area (Å²) in [7, 11) is 2.20. The van der Waals surface area contributed by atoms with Crippen molar-refractivity contribution in [3.63, 3.8) is 0 Å². The van der Waals surface area contributed by atoms with Crippen LogP contribution in [0.4, 0.5) is 9.59 Å². The number of nitrogens with zero attached hydrogens (tertiary/aromatic N) is 1. The van der Waals surface area contributed by atoms with E-state index < -0.39 is 49.0 Å². The molecule has 9 aliphatic rings. The van der Waals surface area contributed by atoms with Gasteiger partial charge < -0.3 is 81.4 Å². The molecule has 4 unspecified atom stereocenters. The van der Waals surface area contributed by atoms with Gasteiger partial charge in [-0.25, -0.2) is 28.8 Å². The van der Waals surface area contributed by atoms with Gasteiger partial charge in [0, 0.05) is 33.0 Å². The van der Waals surface area contributed by atoms with E-state index in [9.17, 15) is 48.6 Å². The van der Waals surface area contributed by atoms with Crippen molar-refractivity contribution >= 4 is 75.7 Å². The van der Waals surface area contributed by atoms with Crippen LogP contribution in [0.5, 0.6) is 17.2 Å². The number of ether oxygens (including phenoxy) is 14. The topological polar surface area (TPSA) is 319 Å². The maximum Gasteiger partial charge on any atom is 0.508 e. The first-order chi connectivity index (χ1) is 69.5. The molecule has 0 aromatic heterocycles. The molecule has 3 saturated heterocycles. The largest absolute Gasteiger partial charge is 0.508 e. The Hall–Kier alpha value is -10.6. The molecule has 19 atom stereocenters. The number of amides is 2. The third-order valence-corrected chi connectivity index (χ3v) is 28.7. The van der Waals surface area contributed by atoms with Gasteiger partial charge in [-0.05, 0) is 287 Å². The zero-order valence-corrected chi connectivity index (χ0v) is 84.9. The predicted octanol–water partition coefficient (Wildman–Crippen LogP) is 21.8. The van der Waals surface area contributed by atoms with Crippen LogP contribution in [0.2, 0.25) is 0 Å². The van der Waals surface area contributed by atoms with Crippen molar-refractivity contribution in [3.8, 4) is 17.2 Å². The second-order valence-corrected chi connectivity index (χ2v) is 40.8. The first-order valence-corrected chi connectivity index (χ1v) is 54.2. The molecule has 26 nitrogen and oxygen atoms in total. The molecule has 3 heterocycles. The van der Waals surface area contributed by atoms with Gasteiger partial charge in [0.05, 0.1) is 33.3 Å². The molecule has 0 radical (unpaired) electrons. The summed E-state index contributed by atoms with van der Waals surface area (Å²) >= 11 is 4.31. The highest BCUT2D eigenvalue weighted by Gasteiger charge is 2.51. The van der Waals surface area contributed by atoms with Crippen molar-refractivity contribution in [3.05, 3.63) is 267 Å². The number of carbonyl (C=O) groups excluding carboxylic acids is 8. The molecule has 2 N–H and O–H groups in total. The van der Waals surface area contributed by atoms with E-state index in [1.807, 2.05) is 195 Å². The van der Waals surface area contributed by atoms with E-state index in [4.69, 9.17) is 67.6 Å². The van der Waals surface area contributed by atoms with E-state index in [0.29, 0.717) is 59.2 Å². The number of hydroxylamine groups is 2. The highest BCUT2D eigenvalue weighted by Crippen LogP contribution is 2.53. The molecule has 3 saturated carbocycles. The lowest BCUT2D eigenvalue weighted by Gasteiger charge is -2.33. The normalized spacial score (nSPS) is 23.0. The summed E-state index contributed by atoms with van der Waals surface area (Å²) in [5, 5.41) is 21.9. The SMILES string of the molecule is C.C.CC(=O)ON1C(=O)CCC1=O.CC[C@@H](CC[C@@H]1[C@H]2Cc3cccc(OCC(=O)OCc4ccccc4)c3C[C@H]2C[C@H]1O)OC1CCCCO1.CC[C@@H](CC[C@@H]1[C@H]2Cc3cccc(OCC(=O)OCc4ccccc4)c3C[C@H]2C[C@H]1OC(=O)OCc1ccccc1)OC1CCCCO1.CC[C@H](O)CC[C@@H]1[C@H]2Cc3cccc(OCC(=O)OCc4ccccc4)c3C[C@H]2C[C@H]1OC(=O)OCc1ccccc1.[3H][P+](P)=S. The molecule has 144 heavy (non-hydrogen) atoms. The van der Waals surface area contributed by atoms with Crippen LogP contribution >= 0.6 is 15.9 Å². The molecular formula is C115H148NO25P2S+. The molecule has 0 bridgehead atoms. The van der Waals surface area contributed by atoms with E-state index in [2.05, 4.69) is 57.6 Å². The number of aliphatic hydroxyl groups excluding tert-OH is 2. The quantitative estimate of drug-likeness (QED) is 0.0157. The maximum absolute atomic E-state index is 13.0. The van der Waals surface area contributed by atoms with Gasteiger partial charge in [-0.3, -0.25) is 9.59 Å². The maximum atomic E-state index is 13.0. The molecule has 2 amide bonds. The Labute approximate surface area is 859 Å². The fourth-order valence-corrected chi connectivity index (χ4v) is 21.5. The van der Waals surface area contributed by atoms with E-state index >= 15 is 0 Å². The van der Waals surface area contributed by atoms with Crippen LogP contribution in [0.1, 0.15) is 232 Å². The molecule has 8 aromatic rings. The predicted molar refractivity (Wildman–Crippen MR) is 554 cm³/mol. The van der Waals surface area contributed by atoms with E-state index in [0.717, 1.165) is 205 Å². The van der Waals surface area contributed by atoms with Crippen LogP contribution in [0, 0.1) is 53.3 Å². The number of esters is 3. The monoisotopic (exact) mass is 2040 g/mol. The minimum absolute atomic E-state index is 0. The molecule has 6 fully saturated rings. The Balaban J connectivity index is 0.000000192. The first-order valence-electron chi connectivity index (χ1n) is 51.1. The number of hydrogen-bond donors (Lipinski definition) is 2. The Bertz CT molecular complexity index is 5330. The lowest BCUT2D eigenvalue weighted by atomic mass is 9.73. The molecule has 0 spiro atoms. The van der Waals surface area contributed by atoms with Crippen molar-refractivity contribution in [2.45, 2.75) is 292 Å². The van der Waals surface area contributed by atoms with E-state index in [1.165, 1.54) is 28.7 Å². The van der Waals surface area contributed by atoms with Gasteiger partial charge in [0.25, 0.3) is 11.8 Å². The highest BCUT2D eigenvalue weighted by molar-refractivity contribution is 8.24. The number of carbonyl (C=O) groups is 8. The van der Waals surface area contributed by atoms with Gasteiger partial charge >= 0.3 is 37.5 Å². The fraction of sp³-hybridized carbons (Fsp3) is 0.513. The van der Waals surface area contributed by atoms with Gasteiger partial charge in [0.15, 0.2) is 51.2 Å². The molecule has 3 aliphatic heterocycles. The fourth-order valence-electron chi connectivity index (χ4n) is 21.5. The lowest BCUT2D eigenvalue weighted by molar-refractivity contribution is -0.195. The number of rotatable bonds is 38. The summed E-state index contributed by atoms with van der Waals surface area (Å²) in [6.45, 7) is 8.74. The molecule has 29 heteroatoms. The average molecular weight is 2040 g/mol. The van der Waals surface area contributed by atoms with Crippen molar-refractivity contribution in [2.75, 3.05) is 33.0 Å². The minimum atomic E-state index is -0.870. The van der Waals surface area contributed by atoms with Gasteiger partial charge in [-0.15, -0.1) is 5.06 Å². The third-order valence-electron chi connectivity index (χ3n) is 28.7. The Morgan fingerprint density at radius 3 is 1.10 bits per heavy atom. The first kappa shape index (κ1) is 112. The summed E-state index contributed by atoms with van der Waals surface area (Å²) in [4.78, 5) is 99.1. The number of imide groups is 1. The number of hydrogen-bond acceptors (Lipinski definition) is 26. The number of fused-ring (bicyclic) bond motifs is 6. The van der Waals surface area contributed by atoms with E-state index in [-0.39, 0.29) is 153 Å². The molecule has 17 rings (SSSR count). The summed E-state index contributed by atoms with van der Waals surface area (Å²) in [5.41, 5.74) is 11.8. The molecule has 778 valence electrons. The summed E-state index contributed by atoms with van der Waals surface area (Å²) < 4.78 is 88.0. The van der Waals surface area contributed by atoms with Crippen LogP contribution in [-0.2, 0) is 169 Å². The van der Waals surface area contributed by atoms with Crippen molar-refractivity contribution < 1.29 is 120 Å². The van der Waals surface area contributed by atoms with Gasteiger partial charge in [-0.2, -0.15) is 0 Å². The Kier molecular flexibility index (Phi) is 46.7. The molecule has 6 aliphatic carbocycles. The van der Waals surface area contributed by atoms with Crippen LogP contribution < -0.4 is 14.2 Å². The summed E-state index contributed by atoms with van der Waals surface area (Å²) in [6, 6.07) is 66.2. The molecular weight excluding hydrogens is 1890 g/mol. The van der Waals surface area contributed by atoms with Crippen molar-refractivity contribution in [2.24, 2.45) is 53.3 Å². The zero-order chi connectivity index (χ0) is 101. The van der Waals surface area contributed by atoms with Gasteiger partial charge in [0.1, 0.15) is 62.5 Å². The third kappa shape index (κ3) is 34.8. The lowest BCUT2D eigenvalue weighted by Crippen LogP contribution is -2.31. The standard InChI is InChI=1S/C40H48O8.C35H40O7.C32H42O6.C6H7NO4.2CH4.H2P2S/c1-2-32(47-39-18-9-10-21-43-39)19-20-33-34-22-30-16-11-17-36(44-27-38(41)45-25-28-12-5-3-6-13-28)35(30)23-31(34)24-37(33)48-40(42)46-26-29-14-7-4-8-15-29;1-2-28(36)16-17-29-30-18-26-14-9-15-32(39-23-34(37)40-21-24-10-5-3-6-11-24)31(26)19-27(30)20-33(29)42-35(38)41-22-25-12-7-4-8-13-25;1-2-25(38-32-13-6-7-16-35-32)14-15-26-27-17-23-11-8-12-30(28(23)18-24(27)19-29(26)33)36-21-31(34)37-20-22-9-4-3-5-10-22;1-4(8)11-7-5(9)2-3-6(7)10;;;1-2-3/h3-8,11-17,31-34,37,39H,2,9-10,18-27H2,1H3;3-15,27-30,33,36H,2,16-23H2,1H3;3-5,8-12,24-27,29,32-33H,2,6-7,13-21H2,1H3;2-3H2,1H3;2*1H4;1H2/p+1/t31-,32-,33+,34-,37+,39?;27-,28-,29+,30-,33+;24-,25-,26+,27-,29+,32?;;;;/m000..../s1/i/hT. The smallest absolute Gasteiger partial charge is 0.482 e. The van der Waals surface area contributed by atoms with Crippen LogP contribution in [-0.4, -0.2) is 147 Å². The minimum Gasteiger partial charge on any atom is -0.482 e. The summed E-state index contributed by atoms with van der Waals surface area (Å²) in [6.07, 6.45) is 19.5. The number of aliphatic hydroxyl groups is 2. The highest BCUT2D eigenvalue weighted by atomic mass is 32.6. The second-order valence-electron chi connectivity index (χ2n) is 38.1. The van der Waals surface area contributed by atoms with Crippen LogP contribution in [0.15, 0.2) is 206 Å².